The molecule has 6 heteroatoms. The fraction of sp³-hybridized carbons (Fsp3) is 0.500. The van der Waals surface area contributed by atoms with E-state index in [2.05, 4.69) is 10.2 Å². The van der Waals surface area contributed by atoms with Crippen molar-refractivity contribution in [1.82, 2.24) is 15.1 Å². The van der Waals surface area contributed by atoms with Crippen molar-refractivity contribution >= 4 is 29.1 Å². The second-order valence-corrected chi connectivity index (χ2v) is 4.25. The first-order valence-electron chi connectivity index (χ1n) is 4.88. The van der Waals surface area contributed by atoms with Crippen LogP contribution in [0.5, 0.6) is 0 Å². The summed E-state index contributed by atoms with van der Waals surface area (Å²) in [6.07, 6.45) is 0. The quantitative estimate of drug-likeness (QED) is 0.780. The van der Waals surface area contributed by atoms with E-state index in [9.17, 15) is 4.79 Å². The number of nitrogens with zero attached hydrogens (tertiary/aromatic N) is 3. The maximum Gasteiger partial charge on any atom is 0.238 e. The third kappa shape index (κ3) is 3.61. The third-order valence-electron chi connectivity index (χ3n) is 2.08. The maximum absolute atomic E-state index is 11.5. The van der Waals surface area contributed by atoms with Gasteiger partial charge < -0.3 is 4.90 Å². The van der Waals surface area contributed by atoms with Gasteiger partial charge in [0.25, 0.3) is 0 Å². The molecule has 0 aromatic carbocycles. The van der Waals surface area contributed by atoms with Crippen LogP contribution < -0.4 is 0 Å². The predicted molar refractivity (Wildman–Crippen MR) is 63.4 cm³/mol. The number of hydrogen-bond acceptors (Lipinski definition) is 3. The van der Waals surface area contributed by atoms with Gasteiger partial charge in [0.15, 0.2) is 5.15 Å². The van der Waals surface area contributed by atoms with E-state index in [4.69, 9.17) is 23.2 Å². The van der Waals surface area contributed by atoms with Crippen LogP contribution in [0.3, 0.4) is 0 Å². The van der Waals surface area contributed by atoms with Crippen molar-refractivity contribution in [2.75, 3.05) is 5.88 Å². The molecule has 0 unspecified atom stereocenters. The van der Waals surface area contributed by atoms with E-state index >= 15 is 0 Å². The Kier molecular flexibility index (Phi) is 4.96. The van der Waals surface area contributed by atoms with Gasteiger partial charge in [-0.3, -0.25) is 4.79 Å². The number of hydrogen-bond donors (Lipinski definition) is 0. The third-order valence-corrected chi connectivity index (χ3v) is 2.51. The van der Waals surface area contributed by atoms with Crippen molar-refractivity contribution in [3.63, 3.8) is 0 Å². The van der Waals surface area contributed by atoms with E-state index in [1.54, 1.807) is 17.0 Å². The average Bonchev–Trinajstić information content (AvgIpc) is 2.27. The molecule has 0 N–H and O–H groups in total. The highest BCUT2D eigenvalue weighted by Gasteiger charge is 2.16. The van der Waals surface area contributed by atoms with Gasteiger partial charge in [-0.25, -0.2) is 0 Å². The van der Waals surface area contributed by atoms with Crippen LogP contribution in [-0.2, 0) is 11.3 Å². The minimum absolute atomic E-state index is 0.0286. The largest absolute Gasteiger partial charge is 0.333 e. The molecule has 0 aliphatic heterocycles. The lowest BCUT2D eigenvalue weighted by Gasteiger charge is -2.25. The molecule has 0 spiro atoms. The van der Waals surface area contributed by atoms with Crippen molar-refractivity contribution in [1.29, 1.82) is 0 Å². The van der Waals surface area contributed by atoms with Crippen molar-refractivity contribution in [2.24, 2.45) is 0 Å². The van der Waals surface area contributed by atoms with E-state index in [0.717, 1.165) is 0 Å². The van der Waals surface area contributed by atoms with Crippen molar-refractivity contribution < 1.29 is 4.79 Å². The Morgan fingerprint density at radius 3 is 2.56 bits per heavy atom. The van der Waals surface area contributed by atoms with Gasteiger partial charge in [0.2, 0.25) is 5.91 Å². The van der Waals surface area contributed by atoms with E-state index in [0.29, 0.717) is 17.4 Å². The summed E-state index contributed by atoms with van der Waals surface area (Å²) in [5.74, 6) is -0.146. The van der Waals surface area contributed by atoms with Crippen LogP contribution in [-0.4, -0.2) is 32.9 Å². The molecule has 1 amide bonds. The van der Waals surface area contributed by atoms with Crippen LogP contribution in [0.25, 0.3) is 0 Å². The molecule has 0 fully saturated rings. The van der Waals surface area contributed by atoms with Gasteiger partial charge in [-0.2, -0.15) is 5.10 Å². The molecule has 16 heavy (non-hydrogen) atoms. The molecule has 1 rings (SSSR count). The summed E-state index contributed by atoms with van der Waals surface area (Å²) < 4.78 is 0. The highest BCUT2D eigenvalue weighted by Crippen LogP contribution is 2.08. The molecule has 0 atom stereocenters. The number of amides is 1. The summed E-state index contributed by atoms with van der Waals surface area (Å²) in [7, 11) is 0. The first-order chi connectivity index (χ1) is 7.54. The Morgan fingerprint density at radius 2 is 2.12 bits per heavy atom. The fourth-order valence-electron chi connectivity index (χ4n) is 1.24. The maximum atomic E-state index is 11.5. The molecule has 1 aromatic heterocycles. The highest BCUT2D eigenvalue weighted by atomic mass is 35.5. The van der Waals surface area contributed by atoms with Crippen LogP contribution in [0.2, 0.25) is 5.15 Å². The second kappa shape index (κ2) is 6.01. The zero-order chi connectivity index (χ0) is 12.1. The van der Waals surface area contributed by atoms with Gasteiger partial charge >= 0.3 is 0 Å². The zero-order valence-corrected chi connectivity index (χ0v) is 10.7. The highest BCUT2D eigenvalue weighted by molar-refractivity contribution is 6.29. The van der Waals surface area contributed by atoms with Crippen LogP contribution >= 0.6 is 23.2 Å². The predicted octanol–water partition coefficient (Wildman–Crippen LogP) is 2.11. The Morgan fingerprint density at radius 1 is 1.44 bits per heavy atom. The Labute approximate surface area is 105 Å². The lowest BCUT2D eigenvalue weighted by atomic mass is 10.2. The van der Waals surface area contributed by atoms with Crippen LogP contribution in [0.1, 0.15) is 19.5 Å². The summed E-state index contributed by atoms with van der Waals surface area (Å²) in [5, 5.41) is 7.96. The summed E-state index contributed by atoms with van der Waals surface area (Å²) in [4.78, 5) is 13.2. The van der Waals surface area contributed by atoms with Gasteiger partial charge in [-0.05, 0) is 26.0 Å². The van der Waals surface area contributed by atoms with Gasteiger partial charge in [0.05, 0.1) is 12.2 Å². The van der Waals surface area contributed by atoms with Crippen molar-refractivity contribution in [2.45, 2.75) is 26.4 Å². The summed E-state index contributed by atoms with van der Waals surface area (Å²) in [6, 6.07) is 3.46. The van der Waals surface area contributed by atoms with Crippen LogP contribution in [0.4, 0.5) is 0 Å². The molecule has 1 aromatic rings. The van der Waals surface area contributed by atoms with E-state index in [1.165, 1.54) is 0 Å². The Hall–Kier alpha value is -0.870. The van der Waals surface area contributed by atoms with E-state index in [1.807, 2.05) is 13.8 Å². The van der Waals surface area contributed by atoms with E-state index < -0.39 is 0 Å². The van der Waals surface area contributed by atoms with Gasteiger partial charge in [0.1, 0.15) is 5.88 Å². The minimum atomic E-state index is -0.117. The lowest BCUT2D eigenvalue weighted by Crippen LogP contribution is -2.37. The summed E-state index contributed by atoms with van der Waals surface area (Å²) in [6.45, 7) is 4.25. The number of halogens is 2. The molecular weight excluding hydrogens is 249 g/mol. The van der Waals surface area contributed by atoms with E-state index in [-0.39, 0.29) is 17.8 Å². The molecule has 0 aliphatic carbocycles. The number of alkyl halides is 1. The summed E-state index contributed by atoms with van der Waals surface area (Å²) >= 11 is 11.2. The van der Waals surface area contributed by atoms with Gasteiger partial charge in [-0.1, -0.05) is 11.6 Å². The SMILES string of the molecule is CC(C)N(Cc1ccc(Cl)nn1)C(=O)CCl. The second-order valence-electron chi connectivity index (χ2n) is 3.60. The minimum Gasteiger partial charge on any atom is -0.333 e. The number of carbonyl (C=O) groups is 1. The smallest absolute Gasteiger partial charge is 0.238 e. The standard InChI is InChI=1S/C10H13Cl2N3O/c1-7(2)15(10(16)5-11)6-8-3-4-9(12)14-13-8/h3-4,7H,5-6H2,1-2H3. The number of aromatic nitrogens is 2. The fourth-order valence-corrected chi connectivity index (χ4v) is 1.49. The molecule has 88 valence electrons. The molecule has 0 saturated carbocycles. The molecular formula is C10H13Cl2N3O. The van der Waals surface area contributed by atoms with Crippen LogP contribution in [0, 0.1) is 0 Å². The number of rotatable bonds is 4. The average molecular weight is 262 g/mol. The Balaban J connectivity index is 2.75. The first-order valence-corrected chi connectivity index (χ1v) is 5.79. The molecule has 1 heterocycles. The first kappa shape index (κ1) is 13.2. The van der Waals surface area contributed by atoms with Gasteiger partial charge in [0, 0.05) is 6.04 Å². The lowest BCUT2D eigenvalue weighted by molar-refractivity contribution is -0.130. The Bertz CT molecular complexity index is 354. The molecule has 0 saturated heterocycles. The zero-order valence-electron chi connectivity index (χ0n) is 9.15. The molecule has 0 radical (unpaired) electrons. The summed E-state index contributed by atoms with van der Waals surface area (Å²) in [5.41, 5.74) is 0.691. The molecule has 0 aliphatic rings. The normalized spacial score (nSPS) is 10.6. The van der Waals surface area contributed by atoms with Crippen LogP contribution in [0.15, 0.2) is 12.1 Å². The molecule has 4 nitrogen and oxygen atoms in total. The monoisotopic (exact) mass is 261 g/mol. The van der Waals surface area contributed by atoms with Gasteiger partial charge in [-0.15, -0.1) is 16.7 Å². The van der Waals surface area contributed by atoms with Crippen molar-refractivity contribution in [3.05, 3.63) is 23.0 Å². The topological polar surface area (TPSA) is 46.1 Å². The number of carbonyl (C=O) groups excluding carboxylic acids is 1. The molecule has 0 bridgehead atoms. The van der Waals surface area contributed by atoms with Crippen molar-refractivity contribution in [3.8, 4) is 0 Å².